The number of carbonyl (C=O) groups excluding carboxylic acids is 1. The molecule has 0 unspecified atom stereocenters. The van der Waals surface area contributed by atoms with Gasteiger partial charge in [-0.3, -0.25) is 4.79 Å². The number of nitrogens with one attached hydrogen (secondary N) is 1. The zero-order valence-electron chi connectivity index (χ0n) is 13.4. The smallest absolute Gasteiger partial charge is 0.251 e. The number of ether oxygens (including phenoxy) is 2. The Morgan fingerprint density at radius 2 is 1.75 bits per heavy atom. The number of carbonyl (C=O) groups is 1. The summed E-state index contributed by atoms with van der Waals surface area (Å²) in [6.07, 6.45) is 1.59. The predicted octanol–water partition coefficient (Wildman–Crippen LogP) is 3.77. The molecule has 0 bridgehead atoms. The largest absolute Gasteiger partial charge is 0.493 e. The van der Waals surface area contributed by atoms with Crippen molar-refractivity contribution < 1.29 is 14.3 Å². The molecule has 1 aromatic heterocycles. The van der Waals surface area contributed by atoms with Gasteiger partial charge in [0.2, 0.25) is 0 Å². The van der Waals surface area contributed by atoms with Crippen LogP contribution in [0.4, 0.5) is 0 Å². The summed E-state index contributed by atoms with van der Waals surface area (Å²) in [6.45, 7) is 0.532. The maximum Gasteiger partial charge on any atom is 0.251 e. The van der Waals surface area contributed by atoms with Crippen LogP contribution in [-0.2, 0) is 6.42 Å². The fraction of sp³-hybridized carbons (Fsp3) is 0.294. The van der Waals surface area contributed by atoms with Gasteiger partial charge in [0.15, 0.2) is 11.5 Å². The van der Waals surface area contributed by atoms with E-state index >= 15 is 0 Å². The van der Waals surface area contributed by atoms with Crippen molar-refractivity contribution in [3.05, 3.63) is 51.8 Å². The number of halogens is 2. The van der Waals surface area contributed by atoms with Crippen LogP contribution in [0.25, 0.3) is 0 Å². The lowest BCUT2D eigenvalue weighted by Crippen LogP contribution is -2.24. The van der Waals surface area contributed by atoms with E-state index in [4.69, 9.17) is 32.7 Å². The van der Waals surface area contributed by atoms with E-state index in [2.05, 4.69) is 10.3 Å². The van der Waals surface area contributed by atoms with Crippen LogP contribution in [0.2, 0.25) is 10.3 Å². The van der Waals surface area contributed by atoms with Crippen molar-refractivity contribution in [2.75, 3.05) is 20.8 Å². The van der Waals surface area contributed by atoms with Crippen molar-refractivity contribution >= 4 is 29.1 Å². The lowest BCUT2D eigenvalue weighted by molar-refractivity contribution is 0.0953. The molecule has 0 spiro atoms. The minimum Gasteiger partial charge on any atom is -0.493 e. The van der Waals surface area contributed by atoms with E-state index < -0.39 is 0 Å². The number of benzene rings is 1. The molecule has 128 valence electrons. The van der Waals surface area contributed by atoms with Crippen molar-refractivity contribution in [1.82, 2.24) is 10.3 Å². The molecular weight excluding hydrogens is 351 g/mol. The van der Waals surface area contributed by atoms with Crippen LogP contribution in [-0.4, -0.2) is 31.7 Å². The van der Waals surface area contributed by atoms with Gasteiger partial charge in [0.05, 0.1) is 14.2 Å². The molecule has 1 aromatic carbocycles. The Morgan fingerprint density at radius 3 is 2.38 bits per heavy atom. The predicted molar refractivity (Wildman–Crippen MR) is 94.5 cm³/mol. The molecule has 2 aromatic rings. The van der Waals surface area contributed by atoms with E-state index in [1.807, 2.05) is 18.2 Å². The third kappa shape index (κ3) is 5.01. The molecule has 1 amide bonds. The van der Waals surface area contributed by atoms with Crippen LogP contribution in [0.5, 0.6) is 11.5 Å². The minimum atomic E-state index is -0.228. The summed E-state index contributed by atoms with van der Waals surface area (Å²) in [6, 6.07) is 8.75. The Balaban J connectivity index is 1.85. The highest BCUT2D eigenvalue weighted by Crippen LogP contribution is 2.27. The van der Waals surface area contributed by atoms with Crippen LogP contribution in [0.15, 0.2) is 30.3 Å². The number of aryl methyl sites for hydroxylation is 1. The summed E-state index contributed by atoms with van der Waals surface area (Å²) in [5.41, 5.74) is 1.50. The lowest BCUT2D eigenvalue weighted by Gasteiger charge is -2.10. The van der Waals surface area contributed by atoms with Crippen molar-refractivity contribution in [1.29, 1.82) is 0 Å². The minimum absolute atomic E-state index is 0.193. The van der Waals surface area contributed by atoms with Gasteiger partial charge in [0.1, 0.15) is 10.3 Å². The fourth-order valence-corrected chi connectivity index (χ4v) is 2.69. The fourth-order valence-electron chi connectivity index (χ4n) is 2.23. The molecular formula is C17H18Cl2N2O3. The Kier molecular flexibility index (Phi) is 6.70. The van der Waals surface area contributed by atoms with Crippen LogP contribution in [0.3, 0.4) is 0 Å². The summed E-state index contributed by atoms with van der Waals surface area (Å²) >= 11 is 11.6. The molecule has 0 saturated heterocycles. The first-order chi connectivity index (χ1) is 11.5. The Labute approximate surface area is 150 Å². The summed E-state index contributed by atoms with van der Waals surface area (Å²) in [7, 11) is 3.21. The molecule has 0 aliphatic heterocycles. The maximum atomic E-state index is 12.1. The van der Waals surface area contributed by atoms with E-state index in [1.165, 1.54) is 12.1 Å². The number of hydrogen-bond donors (Lipinski definition) is 1. The third-order valence-electron chi connectivity index (χ3n) is 3.40. The number of pyridine rings is 1. The Morgan fingerprint density at radius 1 is 1.08 bits per heavy atom. The van der Waals surface area contributed by atoms with Gasteiger partial charge in [-0.05, 0) is 42.7 Å². The summed E-state index contributed by atoms with van der Waals surface area (Å²) in [4.78, 5) is 15.9. The number of nitrogens with zero attached hydrogens (tertiary/aromatic N) is 1. The van der Waals surface area contributed by atoms with Crippen LogP contribution in [0.1, 0.15) is 22.3 Å². The first-order valence-corrected chi connectivity index (χ1v) is 8.11. The van der Waals surface area contributed by atoms with Crippen LogP contribution >= 0.6 is 23.2 Å². The maximum absolute atomic E-state index is 12.1. The average Bonchev–Trinajstić information content (AvgIpc) is 2.57. The second-order valence-corrected chi connectivity index (χ2v) is 5.82. The van der Waals surface area contributed by atoms with Crippen LogP contribution in [0, 0.1) is 0 Å². The van der Waals surface area contributed by atoms with Crippen molar-refractivity contribution in [3.8, 4) is 11.5 Å². The number of aromatic nitrogens is 1. The SMILES string of the molecule is COc1ccc(CCCNC(=O)c2cc(Cl)nc(Cl)c2)cc1OC. The third-order valence-corrected chi connectivity index (χ3v) is 3.79. The topological polar surface area (TPSA) is 60.5 Å². The molecule has 0 fully saturated rings. The Hall–Kier alpha value is -1.98. The lowest BCUT2D eigenvalue weighted by atomic mass is 10.1. The van der Waals surface area contributed by atoms with E-state index in [0.717, 1.165) is 18.4 Å². The van der Waals surface area contributed by atoms with E-state index in [9.17, 15) is 4.79 Å². The van der Waals surface area contributed by atoms with Gasteiger partial charge in [-0.2, -0.15) is 0 Å². The van der Waals surface area contributed by atoms with E-state index in [1.54, 1.807) is 14.2 Å². The molecule has 0 saturated carbocycles. The summed E-state index contributed by atoms with van der Waals surface area (Å²) in [5.74, 6) is 1.16. The van der Waals surface area contributed by atoms with Gasteiger partial charge >= 0.3 is 0 Å². The molecule has 0 radical (unpaired) electrons. The molecule has 0 aliphatic carbocycles. The molecule has 1 heterocycles. The monoisotopic (exact) mass is 368 g/mol. The molecule has 24 heavy (non-hydrogen) atoms. The second kappa shape index (κ2) is 8.76. The summed E-state index contributed by atoms with van der Waals surface area (Å²) < 4.78 is 10.5. The number of methoxy groups -OCH3 is 2. The first-order valence-electron chi connectivity index (χ1n) is 7.35. The normalized spacial score (nSPS) is 10.3. The highest BCUT2D eigenvalue weighted by atomic mass is 35.5. The molecule has 0 aliphatic rings. The number of rotatable bonds is 7. The highest BCUT2D eigenvalue weighted by molar-refractivity contribution is 6.33. The zero-order valence-corrected chi connectivity index (χ0v) is 14.9. The number of hydrogen-bond acceptors (Lipinski definition) is 4. The van der Waals surface area contributed by atoms with Crippen molar-refractivity contribution in [3.63, 3.8) is 0 Å². The van der Waals surface area contributed by atoms with Gasteiger partial charge < -0.3 is 14.8 Å². The van der Waals surface area contributed by atoms with Gasteiger partial charge in [-0.25, -0.2) is 4.98 Å². The Bertz CT molecular complexity index is 703. The molecule has 0 atom stereocenters. The molecule has 7 heteroatoms. The summed E-state index contributed by atoms with van der Waals surface area (Å²) in [5, 5.41) is 3.22. The van der Waals surface area contributed by atoms with Crippen LogP contribution < -0.4 is 14.8 Å². The number of amides is 1. The zero-order chi connectivity index (χ0) is 17.5. The second-order valence-electron chi connectivity index (χ2n) is 5.05. The van der Waals surface area contributed by atoms with Crippen molar-refractivity contribution in [2.24, 2.45) is 0 Å². The van der Waals surface area contributed by atoms with Gasteiger partial charge in [-0.15, -0.1) is 0 Å². The molecule has 2 rings (SSSR count). The highest BCUT2D eigenvalue weighted by Gasteiger charge is 2.09. The van der Waals surface area contributed by atoms with Gasteiger partial charge in [0.25, 0.3) is 5.91 Å². The van der Waals surface area contributed by atoms with Crippen molar-refractivity contribution in [2.45, 2.75) is 12.8 Å². The molecule has 1 N–H and O–H groups in total. The molecule has 5 nitrogen and oxygen atoms in total. The van der Waals surface area contributed by atoms with E-state index in [0.29, 0.717) is 23.6 Å². The van der Waals surface area contributed by atoms with Gasteiger partial charge in [-0.1, -0.05) is 29.3 Å². The average molecular weight is 369 g/mol. The quantitative estimate of drug-likeness (QED) is 0.596. The first kappa shape index (κ1) is 18.4. The van der Waals surface area contributed by atoms with E-state index in [-0.39, 0.29) is 16.2 Å². The standard InChI is InChI=1S/C17H18Cl2N2O3/c1-23-13-6-5-11(8-14(13)24-2)4-3-7-20-17(22)12-9-15(18)21-16(19)10-12/h5-6,8-10H,3-4,7H2,1-2H3,(H,20,22). The van der Waals surface area contributed by atoms with Gasteiger partial charge in [0, 0.05) is 12.1 Å².